The van der Waals surface area contributed by atoms with E-state index in [9.17, 15) is 4.79 Å². The van der Waals surface area contributed by atoms with E-state index in [0.29, 0.717) is 6.42 Å². The largest absolute Gasteiger partial charge is 0.431 e. The fourth-order valence-corrected chi connectivity index (χ4v) is 1.76. The monoisotopic (exact) mass is 238 g/mol. The molecule has 0 aromatic rings. The van der Waals surface area contributed by atoms with Gasteiger partial charge < -0.3 is 4.74 Å². The number of hydrogen-bond donors (Lipinski definition) is 0. The topological polar surface area (TPSA) is 26.3 Å². The van der Waals surface area contributed by atoms with Gasteiger partial charge in [0.2, 0.25) is 0 Å². The SMILES string of the molecule is C=CC/C(OC(C)=O)=C(/C)C(C)(C)CCCC. The van der Waals surface area contributed by atoms with Crippen molar-refractivity contribution in [3.8, 4) is 0 Å². The molecule has 98 valence electrons. The van der Waals surface area contributed by atoms with Gasteiger partial charge in [-0.3, -0.25) is 4.79 Å². The Labute approximate surface area is 106 Å². The molecule has 0 radical (unpaired) electrons. The van der Waals surface area contributed by atoms with E-state index in [-0.39, 0.29) is 11.4 Å². The summed E-state index contributed by atoms with van der Waals surface area (Å²) in [7, 11) is 0. The van der Waals surface area contributed by atoms with Gasteiger partial charge in [-0.1, -0.05) is 39.7 Å². The Morgan fingerprint density at radius 3 is 2.35 bits per heavy atom. The summed E-state index contributed by atoms with van der Waals surface area (Å²) in [4.78, 5) is 11.1. The van der Waals surface area contributed by atoms with Gasteiger partial charge in [-0.15, -0.1) is 6.58 Å². The molecule has 0 N–H and O–H groups in total. The highest BCUT2D eigenvalue weighted by Gasteiger charge is 2.23. The third-order valence-corrected chi connectivity index (χ3v) is 3.19. The van der Waals surface area contributed by atoms with E-state index in [0.717, 1.165) is 17.8 Å². The van der Waals surface area contributed by atoms with Gasteiger partial charge in [0.25, 0.3) is 0 Å². The van der Waals surface area contributed by atoms with Gasteiger partial charge in [0.05, 0.1) is 0 Å². The molecule has 2 nitrogen and oxygen atoms in total. The number of esters is 1. The number of unbranched alkanes of at least 4 members (excludes halogenated alkanes) is 1. The van der Waals surface area contributed by atoms with Gasteiger partial charge in [0.1, 0.15) is 5.76 Å². The molecule has 0 fully saturated rings. The second-order valence-electron chi connectivity index (χ2n) is 5.12. The molecule has 0 saturated heterocycles. The minimum atomic E-state index is -0.257. The molecule has 0 atom stereocenters. The molecular weight excluding hydrogens is 212 g/mol. The van der Waals surface area contributed by atoms with E-state index < -0.39 is 0 Å². The minimum Gasteiger partial charge on any atom is -0.431 e. The highest BCUT2D eigenvalue weighted by Crippen LogP contribution is 2.35. The third kappa shape index (κ3) is 5.71. The van der Waals surface area contributed by atoms with Crippen molar-refractivity contribution in [1.29, 1.82) is 0 Å². The van der Waals surface area contributed by atoms with Crippen LogP contribution >= 0.6 is 0 Å². The summed E-state index contributed by atoms with van der Waals surface area (Å²) < 4.78 is 5.29. The number of carbonyl (C=O) groups excluding carboxylic acids is 1. The molecule has 0 bridgehead atoms. The summed E-state index contributed by atoms with van der Waals surface area (Å²) >= 11 is 0. The zero-order valence-electron chi connectivity index (χ0n) is 11.9. The summed E-state index contributed by atoms with van der Waals surface area (Å²) in [6.45, 7) is 13.8. The smallest absolute Gasteiger partial charge is 0.307 e. The van der Waals surface area contributed by atoms with Crippen molar-refractivity contribution in [2.45, 2.75) is 60.3 Å². The highest BCUT2D eigenvalue weighted by atomic mass is 16.5. The van der Waals surface area contributed by atoms with Crippen LogP contribution in [0.2, 0.25) is 0 Å². The van der Waals surface area contributed by atoms with Gasteiger partial charge in [0, 0.05) is 13.3 Å². The Hall–Kier alpha value is -1.05. The Morgan fingerprint density at radius 2 is 1.94 bits per heavy atom. The lowest BCUT2D eigenvalue weighted by atomic mass is 9.79. The summed E-state index contributed by atoms with van der Waals surface area (Å²) in [6, 6.07) is 0. The molecule has 0 saturated carbocycles. The van der Waals surface area contributed by atoms with E-state index in [1.165, 1.54) is 19.8 Å². The van der Waals surface area contributed by atoms with Crippen LogP contribution in [0, 0.1) is 5.41 Å². The zero-order valence-corrected chi connectivity index (χ0v) is 11.9. The number of rotatable bonds is 7. The Kier molecular flexibility index (Phi) is 6.86. The van der Waals surface area contributed by atoms with Crippen LogP contribution in [0.3, 0.4) is 0 Å². The maximum Gasteiger partial charge on any atom is 0.307 e. The molecule has 0 aliphatic rings. The van der Waals surface area contributed by atoms with Crippen molar-refractivity contribution in [2.24, 2.45) is 5.41 Å². The molecule has 0 heterocycles. The molecule has 0 spiro atoms. The van der Waals surface area contributed by atoms with Crippen LogP contribution in [-0.2, 0) is 9.53 Å². The van der Waals surface area contributed by atoms with Gasteiger partial charge in [-0.2, -0.15) is 0 Å². The van der Waals surface area contributed by atoms with E-state index in [2.05, 4.69) is 34.3 Å². The number of allylic oxidation sites excluding steroid dienone is 2. The second kappa shape index (κ2) is 7.31. The third-order valence-electron chi connectivity index (χ3n) is 3.19. The van der Waals surface area contributed by atoms with Crippen LogP contribution in [0.1, 0.15) is 60.3 Å². The summed E-state index contributed by atoms with van der Waals surface area (Å²) in [6.07, 6.45) is 5.86. The van der Waals surface area contributed by atoms with Crippen LogP contribution in [0.5, 0.6) is 0 Å². The molecule has 0 unspecified atom stereocenters. The van der Waals surface area contributed by atoms with Gasteiger partial charge in [0.15, 0.2) is 0 Å². The lowest BCUT2D eigenvalue weighted by Gasteiger charge is -2.27. The first-order valence-electron chi connectivity index (χ1n) is 6.34. The number of hydrogen-bond acceptors (Lipinski definition) is 2. The van der Waals surface area contributed by atoms with Crippen LogP contribution < -0.4 is 0 Å². The van der Waals surface area contributed by atoms with Crippen molar-refractivity contribution in [2.75, 3.05) is 0 Å². The zero-order chi connectivity index (χ0) is 13.5. The molecule has 0 rings (SSSR count). The Morgan fingerprint density at radius 1 is 1.35 bits per heavy atom. The Balaban J connectivity index is 5.00. The molecule has 2 heteroatoms. The van der Waals surface area contributed by atoms with E-state index >= 15 is 0 Å². The predicted molar refractivity (Wildman–Crippen MR) is 72.6 cm³/mol. The van der Waals surface area contributed by atoms with Crippen LogP contribution in [-0.4, -0.2) is 5.97 Å². The van der Waals surface area contributed by atoms with Crippen molar-refractivity contribution < 1.29 is 9.53 Å². The number of carbonyl (C=O) groups is 1. The minimum absolute atomic E-state index is 0.0732. The first-order valence-corrected chi connectivity index (χ1v) is 6.34. The maximum absolute atomic E-state index is 11.1. The molecule has 17 heavy (non-hydrogen) atoms. The average molecular weight is 238 g/mol. The molecule has 0 aromatic heterocycles. The van der Waals surface area contributed by atoms with Gasteiger partial charge in [-0.25, -0.2) is 0 Å². The Bertz CT molecular complexity index is 298. The van der Waals surface area contributed by atoms with Crippen LogP contribution in [0.25, 0.3) is 0 Å². The van der Waals surface area contributed by atoms with Crippen molar-refractivity contribution in [3.05, 3.63) is 24.0 Å². The van der Waals surface area contributed by atoms with Crippen molar-refractivity contribution in [1.82, 2.24) is 0 Å². The molecule has 0 aliphatic heterocycles. The van der Waals surface area contributed by atoms with E-state index in [4.69, 9.17) is 4.74 Å². The molecule has 0 aromatic carbocycles. The second-order valence-corrected chi connectivity index (χ2v) is 5.12. The van der Waals surface area contributed by atoms with E-state index in [1.54, 1.807) is 6.08 Å². The predicted octanol–water partition coefficient (Wildman–Crippen LogP) is 4.62. The lowest BCUT2D eigenvalue weighted by Crippen LogP contribution is -2.16. The standard InChI is InChI=1S/C15H26O2/c1-7-9-11-15(5,6)12(3)14(10-8-2)17-13(4)16/h8H,2,7,9-11H2,1,3-6H3/b14-12+. The molecule has 0 aliphatic carbocycles. The lowest BCUT2D eigenvalue weighted by molar-refractivity contribution is -0.137. The quantitative estimate of drug-likeness (QED) is 0.367. The van der Waals surface area contributed by atoms with Gasteiger partial charge in [-0.05, 0) is 24.3 Å². The fourth-order valence-electron chi connectivity index (χ4n) is 1.76. The first-order chi connectivity index (χ1) is 7.85. The van der Waals surface area contributed by atoms with Crippen LogP contribution in [0.15, 0.2) is 24.0 Å². The normalized spacial score (nSPS) is 13.0. The van der Waals surface area contributed by atoms with Crippen LogP contribution in [0.4, 0.5) is 0 Å². The fraction of sp³-hybridized carbons (Fsp3) is 0.667. The summed E-state index contributed by atoms with van der Waals surface area (Å²) in [5, 5.41) is 0. The summed E-state index contributed by atoms with van der Waals surface area (Å²) in [5.74, 6) is 0.501. The maximum atomic E-state index is 11.1. The van der Waals surface area contributed by atoms with Crippen molar-refractivity contribution in [3.63, 3.8) is 0 Å². The molecular formula is C15H26O2. The first kappa shape index (κ1) is 16.0. The number of ether oxygens (including phenoxy) is 1. The average Bonchev–Trinajstić information content (AvgIpc) is 2.24. The van der Waals surface area contributed by atoms with E-state index in [1.807, 2.05) is 0 Å². The molecule has 0 amide bonds. The summed E-state index contributed by atoms with van der Waals surface area (Å²) in [5.41, 5.74) is 1.23. The highest BCUT2D eigenvalue weighted by molar-refractivity contribution is 5.67. The van der Waals surface area contributed by atoms with Gasteiger partial charge >= 0.3 is 5.97 Å². The van der Waals surface area contributed by atoms with Crippen molar-refractivity contribution >= 4 is 5.97 Å².